The number of nitrogens with zero attached hydrogens (tertiary/aromatic N) is 1. The van der Waals surface area contributed by atoms with Gasteiger partial charge in [-0.05, 0) is 12.8 Å². The molecule has 5 heteroatoms. The van der Waals surface area contributed by atoms with E-state index in [-0.39, 0.29) is 11.9 Å². The first-order valence-corrected chi connectivity index (χ1v) is 4.77. The second kappa shape index (κ2) is 2.95. The summed E-state index contributed by atoms with van der Waals surface area (Å²) in [6.07, 6.45) is 1.94. The number of hydrogen-bond donors (Lipinski definition) is 1. The topological polar surface area (TPSA) is 72.6 Å². The zero-order valence-electron chi connectivity index (χ0n) is 8.16. The number of rotatable bonds is 1. The normalized spacial score (nSPS) is 36.0. The number of carbonyl (C=O) groups excluding carboxylic acids is 2. The van der Waals surface area contributed by atoms with E-state index < -0.39 is 11.6 Å². The Bertz CT molecular complexity index is 292. The first-order chi connectivity index (χ1) is 6.62. The van der Waals surface area contributed by atoms with Crippen molar-refractivity contribution in [2.75, 3.05) is 13.7 Å². The third-order valence-electron chi connectivity index (χ3n) is 3.19. The van der Waals surface area contributed by atoms with E-state index in [2.05, 4.69) is 0 Å². The highest BCUT2D eigenvalue weighted by atomic mass is 16.5. The van der Waals surface area contributed by atoms with Crippen molar-refractivity contribution in [2.24, 2.45) is 5.73 Å². The molecule has 2 rings (SSSR count). The molecule has 0 radical (unpaired) electrons. The molecule has 14 heavy (non-hydrogen) atoms. The lowest BCUT2D eigenvalue weighted by atomic mass is 9.93. The lowest BCUT2D eigenvalue weighted by Crippen LogP contribution is -2.47. The van der Waals surface area contributed by atoms with Gasteiger partial charge in [0.1, 0.15) is 5.54 Å². The summed E-state index contributed by atoms with van der Waals surface area (Å²) in [6.45, 7) is 0.627. The van der Waals surface area contributed by atoms with Gasteiger partial charge < -0.3 is 15.4 Å². The number of esters is 1. The largest absolute Gasteiger partial charge is 0.467 e. The Labute approximate surface area is 82.2 Å². The standard InChI is InChI=1S/C9H14N2O3/c1-14-8(13)9-3-2-4-11(9)7(12)6(10)5-9/h6H,2-5,10H2,1H3/t6?,9-/m0/s1. The zero-order chi connectivity index (χ0) is 10.3. The number of carbonyl (C=O) groups is 2. The molecule has 1 unspecified atom stereocenters. The maximum atomic E-state index is 11.6. The van der Waals surface area contributed by atoms with Crippen molar-refractivity contribution < 1.29 is 14.3 Å². The molecule has 0 saturated carbocycles. The van der Waals surface area contributed by atoms with Gasteiger partial charge in [-0.2, -0.15) is 0 Å². The van der Waals surface area contributed by atoms with Crippen LogP contribution >= 0.6 is 0 Å². The van der Waals surface area contributed by atoms with Crippen molar-refractivity contribution in [3.63, 3.8) is 0 Å². The van der Waals surface area contributed by atoms with Gasteiger partial charge in [0.25, 0.3) is 0 Å². The van der Waals surface area contributed by atoms with Crippen LogP contribution in [0.4, 0.5) is 0 Å². The summed E-state index contributed by atoms with van der Waals surface area (Å²) in [6, 6.07) is -0.533. The number of methoxy groups -OCH3 is 1. The van der Waals surface area contributed by atoms with Crippen molar-refractivity contribution in [2.45, 2.75) is 30.8 Å². The van der Waals surface area contributed by atoms with Gasteiger partial charge in [-0.15, -0.1) is 0 Å². The van der Waals surface area contributed by atoms with Gasteiger partial charge in [-0.1, -0.05) is 0 Å². The SMILES string of the molecule is COC(=O)[C@@]12CCCN1C(=O)C(N)C2. The predicted molar refractivity (Wildman–Crippen MR) is 48.3 cm³/mol. The highest BCUT2D eigenvalue weighted by Gasteiger charge is 2.57. The smallest absolute Gasteiger partial charge is 0.331 e. The molecule has 0 aliphatic carbocycles. The summed E-state index contributed by atoms with van der Waals surface area (Å²) in [5.74, 6) is -0.441. The molecule has 2 heterocycles. The predicted octanol–water partition coefficient (Wildman–Crippen LogP) is -0.748. The number of nitrogens with two attached hydrogens (primary N) is 1. The van der Waals surface area contributed by atoms with Crippen molar-refractivity contribution >= 4 is 11.9 Å². The molecule has 2 aliphatic heterocycles. The molecule has 2 fully saturated rings. The number of ether oxygens (including phenoxy) is 1. The zero-order valence-corrected chi connectivity index (χ0v) is 8.16. The van der Waals surface area contributed by atoms with Gasteiger partial charge in [0.05, 0.1) is 13.2 Å². The van der Waals surface area contributed by atoms with E-state index in [9.17, 15) is 9.59 Å². The van der Waals surface area contributed by atoms with Crippen LogP contribution in [0.5, 0.6) is 0 Å². The van der Waals surface area contributed by atoms with Crippen LogP contribution < -0.4 is 5.73 Å². The monoisotopic (exact) mass is 198 g/mol. The summed E-state index contributed by atoms with van der Waals surface area (Å²) < 4.78 is 4.75. The van der Waals surface area contributed by atoms with E-state index in [1.807, 2.05) is 0 Å². The summed E-state index contributed by atoms with van der Waals surface area (Å²) in [5, 5.41) is 0. The summed E-state index contributed by atoms with van der Waals surface area (Å²) >= 11 is 0. The summed E-state index contributed by atoms with van der Waals surface area (Å²) in [7, 11) is 1.35. The van der Waals surface area contributed by atoms with E-state index in [0.29, 0.717) is 19.4 Å². The van der Waals surface area contributed by atoms with Gasteiger partial charge >= 0.3 is 5.97 Å². The van der Waals surface area contributed by atoms with Gasteiger partial charge in [0.2, 0.25) is 5.91 Å². The van der Waals surface area contributed by atoms with Crippen LogP contribution in [-0.2, 0) is 14.3 Å². The Balaban J connectivity index is 2.33. The van der Waals surface area contributed by atoms with Crippen molar-refractivity contribution in [1.82, 2.24) is 4.90 Å². The lowest BCUT2D eigenvalue weighted by Gasteiger charge is -2.28. The molecule has 2 aliphatic rings. The second-order valence-corrected chi connectivity index (χ2v) is 3.93. The second-order valence-electron chi connectivity index (χ2n) is 3.93. The minimum absolute atomic E-state index is 0.118. The third kappa shape index (κ3) is 0.987. The van der Waals surface area contributed by atoms with Gasteiger partial charge in [0, 0.05) is 13.0 Å². The number of hydrogen-bond acceptors (Lipinski definition) is 4. The summed E-state index contributed by atoms with van der Waals surface area (Å²) in [5.41, 5.74) is 4.90. The molecule has 2 saturated heterocycles. The molecule has 0 bridgehead atoms. The molecule has 5 nitrogen and oxygen atoms in total. The Morgan fingerprint density at radius 3 is 3.07 bits per heavy atom. The molecule has 2 N–H and O–H groups in total. The fraction of sp³-hybridized carbons (Fsp3) is 0.778. The number of fused-ring (bicyclic) bond motifs is 1. The molecule has 0 spiro atoms. The van der Waals surface area contributed by atoms with Crippen molar-refractivity contribution in [3.8, 4) is 0 Å². The maximum Gasteiger partial charge on any atom is 0.331 e. The van der Waals surface area contributed by atoms with E-state index >= 15 is 0 Å². The van der Waals surface area contributed by atoms with E-state index in [0.717, 1.165) is 6.42 Å². The van der Waals surface area contributed by atoms with Crippen LogP contribution in [0.15, 0.2) is 0 Å². The lowest BCUT2D eigenvalue weighted by molar-refractivity contribution is -0.155. The van der Waals surface area contributed by atoms with E-state index in [1.54, 1.807) is 4.90 Å². The van der Waals surface area contributed by atoms with Gasteiger partial charge in [0.15, 0.2) is 0 Å². The van der Waals surface area contributed by atoms with Crippen LogP contribution in [0.1, 0.15) is 19.3 Å². The Kier molecular flexibility index (Phi) is 1.99. The molecule has 78 valence electrons. The Hall–Kier alpha value is -1.10. The fourth-order valence-electron chi connectivity index (χ4n) is 2.55. The minimum atomic E-state index is -0.745. The highest BCUT2D eigenvalue weighted by Crippen LogP contribution is 2.39. The maximum absolute atomic E-state index is 11.6. The first-order valence-electron chi connectivity index (χ1n) is 4.77. The molecular formula is C9H14N2O3. The van der Waals surface area contributed by atoms with Gasteiger partial charge in [-0.3, -0.25) is 4.79 Å². The molecule has 0 aromatic rings. The van der Waals surface area contributed by atoms with Crippen LogP contribution in [0.3, 0.4) is 0 Å². The minimum Gasteiger partial charge on any atom is -0.467 e. The van der Waals surface area contributed by atoms with Crippen molar-refractivity contribution in [3.05, 3.63) is 0 Å². The molecule has 0 aromatic carbocycles. The molecule has 0 aromatic heterocycles. The van der Waals surface area contributed by atoms with Crippen LogP contribution in [0, 0.1) is 0 Å². The third-order valence-corrected chi connectivity index (χ3v) is 3.19. The van der Waals surface area contributed by atoms with E-state index in [1.165, 1.54) is 7.11 Å². The fourth-order valence-corrected chi connectivity index (χ4v) is 2.55. The summed E-state index contributed by atoms with van der Waals surface area (Å²) in [4.78, 5) is 24.8. The number of amides is 1. The Morgan fingerprint density at radius 2 is 2.43 bits per heavy atom. The molecule has 2 atom stereocenters. The van der Waals surface area contributed by atoms with Crippen LogP contribution in [0.25, 0.3) is 0 Å². The van der Waals surface area contributed by atoms with Crippen LogP contribution in [0.2, 0.25) is 0 Å². The average molecular weight is 198 g/mol. The average Bonchev–Trinajstić information content (AvgIpc) is 2.68. The quantitative estimate of drug-likeness (QED) is 0.563. The molecular weight excluding hydrogens is 184 g/mol. The van der Waals surface area contributed by atoms with Crippen molar-refractivity contribution in [1.29, 1.82) is 0 Å². The first kappa shape index (κ1) is 9.45. The van der Waals surface area contributed by atoms with Crippen LogP contribution in [-0.4, -0.2) is 42.0 Å². The highest BCUT2D eigenvalue weighted by molar-refractivity contribution is 5.95. The van der Waals surface area contributed by atoms with E-state index in [4.69, 9.17) is 10.5 Å². The Morgan fingerprint density at radius 1 is 1.71 bits per heavy atom. The van der Waals surface area contributed by atoms with Gasteiger partial charge in [-0.25, -0.2) is 4.79 Å². The molecule has 1 amide bonds.